The molecule has 0 spiro atoms. The van der Waals surface area contributed by atoms with Crippen molar-refractivity contribution in [3.8, 4) is 5.75 Å². The molecule has 2 aliphatic carbocycles. The Labute approximate surface area is 122 Å². The number of hydrogen-bond donors (Lipinski definition) is 2. The number of rotatable bonds is 5. The van der Waals surface area contributed by atoms with E-state index in [9.17, 15) is 5.11 Å². The summed E-state index contributed by atoms with van der Waals surface area (Å²) in [4.78, 5) is 0. The number of phenolic OH excluding ortho intramolecular Hbond substituents is 1. The zero-order chi connectivity index (χ0) is 14.1. The van der Waals surface area contributed by atoms with E-state index < -0.39 is 0 Å². The number of benzene rings is 1. The molecule has 2 aliphatic rings. The largest absolute Gasteiger partial charge is 0.508 e. The SMILES string of the molecule is CCC(NC(C)C1CC2CCC1C2)c1ccc(O)cc1. The van der Waals surface area contributed by atoms with Crippen LogP contribution >= 0.6 is 0 Å². The second-order valence-electron chi connectivity index (χ2n) is 6.85. The molecule has 3 rings (SSSR count). The van der Waals surface area contributed by atoms with Gasteiger partial charge in [0.1, 0.15) is 5.75 Å². The highest BCUT2D eigenvalue weighted by Crippen LogP contribution is 2.49. The van der Waals surface area contributed by atoms with Gasteiger partial charge in [0, 0.05) is 12.1 Å². The summed E-state index contributed by atoms with van der Waals surface area (Å²) in [5, 5.41) is 13.3. The fourth-order valence-electron chi connectivity index (χ4n) is 4.50. The quantitative estimate of drug-likeness (QED) is 0.840. The molecular formula is C18H27NO. The van der Waals surface area contributed by atoms with Gasteiger partial charge in [-0.15, -0.1) is 0 Å². The smallest absolute Gasteiger partial charge is 0.115 e. The van der Waals surface area contributed by atoms with Crippen molar-refractivity contribution in [3.05, 3.63) is 29.8 Å². The Morgan fingerprint density at radius 3 is 2.50 bits per heavy atom. The third-order valence-electron chi connectivity index (χ3n) is 5.60. The maximum Gasteiger partial charge on any atom is 0.115 e. The summed E-state index contributed by atoms with van der Waals surface area (Å²) >= 11 is 0. The Bertz CT molecular complexity index is 441. The number of aromatic hydroxyl groups is 1. The second kappa shape index (κ2) is 5.77. The maximum absolute atomic E-state index is 9.42. The Hall–Kier alpha value is -1.02. The summed E-state index contributed by atoms with van der Waals surface area (Å²) in [6, 6.07) is 8.69. The predicted molar refractivity (Wildman–Crippen MR) is 82.7 cm³/mol. The van der Waals surface area contributed by atoms with Crippen LogP contribution in [0.25, 0.3) is 0 Å². The highest BCUT2D eigenvalue weighted by atomic mass is 16.3. The van der Waals surface area contributed by atoms with Gasteiger partial charge in [0.2, 0.25) is 0 Å². The van der Waals surface area contributed by atoms with Crippen LogP contribution in [0.2, 0.25) is 0 Å². The van der Waals surface area contributed by atoms with Gasteiger partial charge in [-0.3, -0.25) is 0 Å². The first kappa shape index (κ1) is 13.9. The third-order valence-corrected chi connectivity index (χ3v) is 5.60. The molecule has 20 heavy (non-hydrogen) atoms. The first-order valence-electron chi connectivity index (χ1n) is 8.22. The van der Waals surface area contributed by atoms with E-state index in [0.29, 0.717) is 17.8 Å². The van der Waals surface area contributed by atoms with E-state index in [-0.39, 0.29) is 0 Å². The van der Waals surface area contributed by atoms with Gasteiger partial charge in [0.15, 0.2) is 0 Å². The molecule has 1 aromatic rings. The second-order valence-corrected chi connectivity index (χ2v) is 6.85. The lowest BCUT2D eigenvalue weighted by atomic mass is 9.83. The molecule has 0 heterocycles. The number of hydrogen-bond acceptors (Lipinski definition) is 2. The topological polar surface area (TPSA) is 32.3 Å². The standard InChI is InChI=1S/C18H27NO/c1-3-18(14-6-8-16(20)9-7-14)19-12(2)17-11-13-4-5-15(17)10-13/h6-9,12-13,15,17-20H,3-5,10-11H2,1-2H3. The van der Waals surface area contributed by atoms with Crippen molar-refractivity contribution in [2.75, 3.05) is 0 Å². The van der Waals surface area contributed by atoms with E-state index in [0.717, 1.165) is 24.2 Å². The third kappa shape index (κ3) is 2.71. The molecule has 5 unspecified atom stereocenters. The molecule has 2 heteroatoms. The van der Waals surface area contributed by atoms with Crippen LogP contribution in [-0.4, -0.2) is 11.1 Å². The van der Waals surface area contributed by atoms with E-state index in [1.54, 1.807) is 12.1 Å². The Morgan fingerprint density at radius 2 is 1.95 bits per heavy atom. The molecule has 2 fully saturated rings. The van der Waals surface area contributed by atoms with Gasteiger partial charge < -0.3 is 10.4 Å². The number of fused-ring (bicyclic) bond motifs is 2. The molecule has 2 bridgehead atoms. The first-order chi connectivity index (χ1) is 9.67. The van der Waals surface area contributed by atoms with Gasteiger partial charge in [0.05, 0.1) is 0 Å². The van der Waals surface area contributed by atoms with Crippen LogP contribution in [0.5, 0.6) is 5.75 Å². The van der Waals surface area contributed by atoms with E-state index in [4.69, 9.17) is 0 Å². The number of phenols is 1. The van der Waals surface area contributed by atoms with Crippen molar-refractivity contribution in [1.29, 1.82) is 0 Å². The molecule has 110 valence electrons. The van der Waals surface area contributed by atoms with E-state index in [1.807, 2.05) is 12.1 Å². The Balaban J connectivity index is 1.64. The van der Waals surface area contributed by atoms with Crippen molar-refractivity contribution in [2.45, 2.75) is 58.0 Å². The summed E-state index contributed by atoms with van der Waals surface area (Å²) in [5.74, 6) is 3.22. The zero-order valence-electron chi connectivity index (χ0n) is 12.7. The van der Waals surface area contributed by atoms with Gasteiger partial charge in [0.25, 0.3) is 0 Å². The maximum atomic E-state index is 9.42. The average Bonchev–Trinajstić information content (AvgIpc) is 3.08. The summed E-state index contributed by atoms with van der Waals surface area (Å²) in [6.45, 7) is 4.60. The summed E-state index contributed by atoms with van der Waals surface area (Å²) in [6.07, 6.45) is 6.94. The van der Waals surface area contributed by atoms with Crippen molar-refractivity contribution in [1.82, 2.24) is 5.32 Å². The predicted octanol–water partition coefficient (Wildman–Crippen LogP) is 4.26. The summed E-state index contributed by atoms with van der Waals surface area (Å²) < 4.78 is 0. The normalized spacial score (nSPS) is 31.4. The van der Waals surface area contributed by atoms with Crippen LogP contribution in [0, 0.1) is 17.8 Å². The van der Waals surface area contributed by atoms with Gasteiger partial charge in [-0.1, -0.05) is 25.5 Å². The Kier molecular flexibility index (Phi) is 4.02. The summed E-state index contributed by atoms with van der Waals surface area (Å²) in [7, 11) is 0. The molecule has 0 radical (unpaired) electrons. The van der Waals surface area contributed by atoms with E-state index in [1.165, 1.54) is 31.2 Å². The van der Waals surface area contributed by atoms with Crippen LogP contribution in [0.4, 0.5) is 0 Å². The molecule has 2 N–H and O–H groups in total. The molecule has 0 amide bonds. The van der Waals surface area contributed by atoms with Crippen molar-refractivity contribution in [3.63, 3.8) is 0 Å². The number of nitrogens with one attached hydrogen (secondary N) is 1. The highest BCUT2D eigenvalue weighted by molar-refractivity contribution is 5.28. The fourth-order valence-corrected chi connectivity index (χ4v) is 4.50. The van der Waals surface area contributed by atoms with Gasteiger partial charge >= 0.3 is 0 Å². The molecule has 2 nitrogen and oxygen atoms in total. The molecular weight excluding hydrogens is 246 g/mol. The molecule has 0 aliphatic heterocycles. The lowest BCUT2D eigenvalue weighted by Gasteiger charge is -2.32. The van der Waals surface area contributed by atoms with Gasteiger partial charge in [-0.2, -0.15) is 0 Å². The minimum absolute atomic E-state index is 0.352. The van der Waals surface area contributed by atoms with Gasteiger partial charge in [-0.25, -0.2) is 0 Å². The van der Waals surface area contributed by atoms with E-state index in [2.05, 4.69) is 19.2 Å². The lowest BCUT2D eigenvalue weighted by molar-refractivity contribution is 0.243. The zero-order valence-corrected chi connectivity index (χ0v) is 12.7. The lowest BCUT2D eigenvalue weighted by Crippen LogP contribution is -2.38. The van der Waals surface area contributed by atoms with Gasteiger partial charge in [-0.05, 0) is 68.1 Å². The monoisotopic (exact) mass is 273 g/mol. The first-order valence-corrected chi connectivity index (χ1v) is 8.22. The van der Waals surface area contributed by atoms with Crippen LogP contribution in [0.15, 0.2) is 24.3 Å². The molecule has 2 saturated carbocycles. The fraction of sp³-hybridized carbons (Fsp3) is 0.667. The minimum Gasteiger partial charge on any atom is -0.508 e. The van der Waals surface area contributed by atoms with Crippen molar-refractivity contribution >= 4 is 0 Å². The van der Waals surface area contributed by atoms with Crippen LogP contribution in [-0.2, 0) is 0 Å². The molecule has 0 saturated heterocycles. The van der Waals surface area contributed by atoms with Crippen molar-refractivity contribution < 1.29 is 5.11 Å². The summed E-state index contributed by atoms with van der Waals surface area (Å²) in [5.41, 5.74) is 1.29. The van der Waals surface area contributed by atoms with Crippen LogP contribution in [0.3, 0.4) is 0 Å². The molecule has 0 aromatic heterocycles. The molecule has 5 atom stereocenters. The van der Waals surface area contributed by atoms with Crippen molar-refractivity contribution in [2.24, 2.45) is 17.8 Å². The highest BCUT2D eigenvalue weighted by Gasteiger charge is 2.41. The van der Waals surface area contributed by atoms with E-state index >= 15 is 0 Å². The van der Waals surface area contributed by atoms with Crippen LogP contribution < -0.4 is 5.32 Å². The Morgan fingerprint density at radius 1 is 1.20 bits per heavy atom. The van der Waals surface area contributed by atoms with Crippen LogP contribution in [0.1, 0.15) is 57.6 Å². The minimum atomic E-state index is 0.352. The molecule has 1 aromatic carbocycles. The average molecular weight is 273 g/mol.